The smallest absolute Gasteiger partial charge is 0.124 e. The van der Waals surface area contributed by atoms with E-state index in [1.807, 2.05) is 25.1 Å². The lowest BCUT2D eigenvalue weighted by atomic mass is 9.77. The summed E-state index contributed by atoms with van der Waals surface area (Å²) in [4.78, 5) is 0. The topological polar surface area (TPSA) is 35.2 Å². The Morgan fingerprint density at radius 2 is 2.13 bits per heavy atom. The SMILES string of the molecule is CCOc1ccccc1[C@@H](N)C1CCC1. The molecular formula is C13H19NO. The van der Waals surface area contributed by atoms with Gasteiger partial charge in [-0.15, -0.1) is 0 Å². The zero-order valence-electron chi connectivity index (χ0n) is 9.28. The van der Waals surface area contributed by atoms with Gasteiger partial charge in [-0.2, -0.15) is 0 Å². The van der Waals surface area contributed by atoms with Crippen molar-refractivity contribution in [1.29, 1.82) is 0 Å². The van der Waals surface area contributed by atoms with Crippen LogP contribution < -0.4 is 10.5 Å². The lowest BCUT2D eigenvalue weighted by Crippen LogP contribution is -2.27. The van der Waals surface area contributed by atoms with Crippen LogP contribution in [0.15, 0.2) is 24.3 Å². The number of rotatable bonds is 4. The number of benzene rings is 1. The molecule has 0 bridgehead atoms. The first-order valence-electron chi connectivity index (χ1n) is 5.80. The molecule has 1 saturated carbocycles. The number of ether oxygens (including phenoxy) is 1. The van der Waals surface area contributed by atoms with Gasteiger partial charge in [-0.05, 0) is 31.7 Å². The van der Waals surface area contributed by atoms with Gasteiger partial charge in [0.1, 0.15) is 5.75 Å². The maximum absolute atomic E-state index is 6.25. The molecule has 2 heteroatoms. The van der Waals surface area contributed by atoms with Crippen LogP contribution in [-0.2, 0) is 0 Å². The van der Waals surface area contributed by atoms with Gasteiger partial charge in [0.2, 0.25) is 0 Å². The van der Waals surface area contributed by atoms with E-state index in [1.165, 1.54) is 24.8 Å². The van der Waals surface area contributed by atoms with E-state index < -0.39 is 0 Å². The molecule has 1 fully saturated rings. The molecule has 2 nitrogen and oxygen atoms in total. The first-order chi connectivity index (χ1) is 7.33. The van der Waals surface area contributed by atoms with Gasteiger partial charge in [0.25, 0.3) is 0 Å². The first-order valence-corrected chi connectivity index (χ1v) is 5.80. The number of nitrogens with two attached hydrogens (primary N) is 1. The fraction of sp³-hybridized carbons (Fsp3) is 0.538. The molecule has 0 spiro atoms. The Morgan fingerprint density at radius 1 is 1.40 bits per heavy atom. The highest BCUT2D eigenvalue weighted by Gasteiger charge is 2.27. The average molecular weight is 205 g/mol. The molecular weight excluding hydrogens is 186 g/mol. The standard InChI is InChI=1S/C13H19NO/c1-2-15-12-9-4-3-8-11(12)13(14)10-6-5-7-10/h3-4,8-10,13H,2,5-7,14H2,1H3/t13-/m0/s1. The summed E-state index contributed by atoms with van der Waals surface area (Å²) in [6, 6.07) is 8.30. The van der Waals surface area contributed by atoms with Gasteiger partial charge < -0.3 is 10.5 Å². The molecule has 0 saturated heterocycles. The summed E-state index contributed by atoms with van der Waals surface area (Å²) < 4.78 is 5.60. The van der Waals surface area contributed by atoms with Crippen molar-refractivity contribution in [3.05, 3.63) is 29.8 Å². The molecule has 2 N–H and O–H groups in total. The van der Waals surface area contributed by atoms with Gasteiger partial charge in [0.15, 0.2) is 0 Å². The van der Waals surface area contributed by atoms with Crippen molar-refractivity contribution in [1.82, 2.24) is 0 Å². The van der Waals surface area contributed by atoms with Crippen LogP contribution in [0.5, 0.6) is 5.75 Å². The molecule has 0 amide bonds. The molecule has 0 radical (unpaired) electrons. The monoisotopic (exact) mass is 205 g/mol. The van der Waals surface area contributed by atoms with Gasteiger partial charge in [0.05, 0.1) is 6.61 Å². The Balaban J connectivity index is 2.17. The van der Waals surface area contributed by atoms with E-state index in [9.17, 15) is 0 Å². The molecule has 15 heavy (non-hydrogen) atoms. The third-order valence-corrected chi connectivity index (χ3v) is 3.24. The van der Waals surface area contributed by atoms with E-state index in [2.05, 4.69) is 6.07 Å². The zero-order valence-corrected chi connectivity index (χ0v) is 9.28. The van der Waals surface area contributed by atoms with Gasteiger partial charge in [-0.3, -0.25) is 0 Å². The van der Waals surface area contributed by atoms with Crippen molar-refractivity contribution >= 4 is 0 Å². The molecule has 0 aromatic heterocycles. The van der Waals surface area contributed by atoms with Crippen molar-refractivity contribution < 1.29 is 4.74 Å². The molecule has 2 rings (SSSR count). The normalized spacial score (nSPS) is 18.3. The van der Waals surface area contributed by atoms with Crippen molar-refractivity contribution in [2.45, 2.75) is 32.2 Å². The van der Waals surface area contributed by atoms with Gasteiger partial charge in [-0.25, -0.2) is 0 Å². The third-order valence-electron chi connectivity index (χ3n) is 3.24. The summed E-state index contributed by atoms with van der Waals surface area (Å²) in [6.45, 7) is 2.71. The second-order valence-corrected chi connectivity index (χ2v) is 4.19. The minimum absolute atomic E-state index is 0.154. The Morgan fingerprint density at radius 3 is 2.73 bits per heavy atom. The van der Waals surface area contributed by atoms with E-state index >= 15 is 0 Å². The maximum Gasteiger partial charge on any atom is 0.124 e. The second-order valence-electron chi connectivity index (χ2n) is 4.19. The number of hydrogen-bond donors (Lipinski definition) is 1. The quantitative estimate of drug-likeness (QED) is 0.820. The van der Waals surface area contributed by atoms with Crippen LogP contribution in [0.25, 0.3) is 0 Å². The second kappa shape index (κ2) is 4.67. The zero-order chi connectivity index (χ0) is 10.7. The molecule has 0 unspecified atom stereocenters. The summed E-state index contributed by atoms with van der Waals surface area (Å²) >= 11 is 0. The Labute approximate surface area is 91.4 Å². The molecule has 0 heterocycles. The van der Waals surface area contributed by atoms with Crippen molar-refractivity contribution in [3.8, 4) is 5.75 Å². The van der Waals surface area contributed by atoms with Crippen LogP contribution >= 0.6 is 0 Å². The average Bonchev–Trinajstić information content (AvgIpc) is 2.16. The van der Waals surface area contributed by atoms with Crippen LogP contribution in [0.1, 0.15) is 37.8 Å². The summed E-state index contributed by atoms with van der Waals surface area (Å²) in [6.07, 6.45) is 3.86. The summed E-state index contributed by atoms with van der Waals surface area (Å²) in [5, 5.41) is 0. The minimum Gasteiger partial charge on any atom is -0.494 e. The first kappa shape index (κ1) is 10.5. The fourth-order valence-corrected chi connectivity index (χ4v) is 2.10. The van der Waals surface area contributed by atoms with Crippen LogP contribution in [0.2, 0.25) is 0 Å². The molecule has 1 atom stereocenters. The van der Waals surface area contributed by atoms with E-state index in [0.29, 0.717) is 12.5 Å². The lowest BCUT2D eigenvalue weighted by molar-refractivity contribution is 0.256. The summed E-state index contributed by atoms with van der Waals surface area (Å²) in [7, 11) is 0. The highest BCUT2D eigenvalue weighted by Crippen LogP contribution is 2.38. The van der Waals surface area contributed by atoms with Crippen molar-refractivity contribution in [2.75, 3.05) is 6.61 Å². The van der Waals surface area contributed by atoms with E-state index in [-0.39, 0.29) is 6.04 Å². The summed E-state index contributed by atoms with van der Waals surface area (Å²) in [5.74, 6) is 1.62. The van der Waals surface area contributed by atoms with Crippen LogP contribution in [0.3, 0.4) is 0 Å². The largest absolute Gasteiger partial charge is 0.494 e. The Kier molecular flexibility index (Phi) is 3.27. The van der Waals surface area contributed by atoms with E-state index in [0.717, 1.165) is 5.75 Å². The molecule has 1 aliphatic carbocycles. The Hall–Kier alpha value is -1.02. The predicted octanol–water partition coefficient (Wildman–Crippen LogP) is 2.89. The molecule has 1 aromatic carbocycles. The van der Waals surface area contributed by atoms with Gasteiger partial charge in [0, 0.05) is 11.6 Å². The Bertz CT molecular complexity index is 320. The van der Waals surface area contributed by atoms with Crippen LogP contribution in [-0.4, -0.2) is 6.61 Å². The lowest BCUT2D eigenvalue weighted by Gasteiger charge is -2.32. The van der Waals surface area contributed by atoms with Crippen molar-refractivity contribution in [2.24, 2.45) is 11.7 Å². The van der Waals surface area contributed by atoms with Crippen molar-refractivity contribution in [3.63, 3.8) is 0 Å². The summed E-state index contributed by atoms with van der Waals surface area (Å²) in [5.41, 5.74) is 7.42. The molecule has 0 aliphatic heterocycles. The minimum atomic E-state index is 0.154. The van der Waals surface area contributed by atoms with Crippen LogP contribution in [0.4, 0.5) is 0 Å². The number of hydrogen-bond acceptors (Lipinski definition) is 2. The third kappa shape index (κ3) is 2.15. The highest BCUT2D eigenvalue weighted by molar-refractivity contribution is 5.36. The van der Waals surface area contributed by atoms with E-state index in [4.69, 9.17) is 10.5 Å². The van der Waals surface area contributed by atoms with Gasteiger partial charge in [-0.1, -0.05) is 24.6 Å². The predicted molar refractivity (Wildman–Crippen MR) is 61.9 cm³/mol. The highest BCUT2D eigenvalue weighted by atomic mass is 16.5. The molecule has 1 aliphatic rings. The van der Waals surface area contributed by atoms with Gasteiger partial charge >= 0.3 is 0 Å². The fourth-order valence-electron chi connectivity index (χ4n) is 2.10. The number of para-hydroxylation sites is 1. The van der Waals surface area contributed by atoms with Crippen LogP contribution in [0, 0.1) is 5.92 Å². The molecule has 82 valence electrons. The van der Waals surface area contributed by atoms with E-state index in [1.54, 1.807) is 0 Å². The maximum atomic E-state index is 6.25. The molecule has 1 aromatic rings.